The molecule has 0 bridgehead atoms. The number of nitrogens with zero attached hydrogens (tertiary/aromatic N) is 1. The third-order valence-electron chi connectivity index (χ3n) is 4.15. The monoisotopic (exact) mass is 436 g/mol. The van der Waals surface area contributed by atoms with Crippen LogP contribution in [0, 0.1) is 0 Å². The molecule has 0 saturated heterocycles. The van der Waals surface area contributed by atoms with E-state index in [0.29, 0.717) is 27.2 Å². The van der Waals surface area contributed by atoms with Crippen LogP contribution in [0.15, 0.2) is 53.7 Å². The lowest BCUT2D eigenvalue weighted by atomic mass is 10.2. The standard InChI is InChI=1S/C20H18Cl2N2O5/c1-28-20(27)17-11-24(6-7-25)19(26)18(17)23-14-2-4-15(5-3-14)29-16-9-12(21)8-13(22)10-16/h2-5,8-10,23,25H,6-7,11H2,1H3. The van der Waals surface area contributed by atoms with Gasteiger partial charge in [0.25, 0.3) is 5.91 Å². The number of benzene rings is 2. The number of β-amino-alcohol motifs (C(OH)–C–C–N with tert-alkyl or cyclic N) is 1. The average Bonchev–Trinajstić information content (AvgIpc) is 2.98. The molecule has 0 aromatic heterocycles. The largest absolute Gasteiger partial charge is 0.466 e. The van der Waals surface area contributed by atoms with Crippen molar-refractivity contribution >= 4 is 40.8 Å². The third kappa shape index (κ3) is 5.00. The van der Waals surface area contributed by atoms with Crippen molar-refractivity contribution in [2.75, 3.05) is 32.1 Å². The average molecular weight is 437 g/mol. The molecule has 0 unspecified atom stereocenters. The zero-order valence-electron chi connectivity index (χ0n) is 15.4. The van der Waals surface area contributed by atoms with E-state index in [1.807, 2.05) is 0 Å². The van der Waals surface area contributed by atoms with Crippen LogP contribution in [-0.2, 0) is 14.3 Å². The summed E-state index contributed by atoms with van der Waals surface area (Å²) in [6, 6.07) is 11.7. The number of carbonyl (C=O) groups is 2. The van der Waals surface area contributed by atoms with E-state index in [1.165, 1.54) is 12.0 Å². The van der Waals surface area contributed by atoms with Crippen LogP contribution in [0.25, 0.3) is 0 Å². The maximum absolute atomic E-state index is 12.5. The number of halogens is 2. The second-order valence-corrected chi connectivity index (χ2v) is 7.02. The summed E-state index contributed by atoms with van der Waals surface area (Å²) in [4.78, 5) is 25.9. The first-order valence-corrected chi connectivity index (χ1v) is 9.39. The van der Waals surface area contributed by atoms with E-state index >= 15 is 0 Å². The number of amides is 1. The first kappa shape index (κ1) is 21.0. The molecule has 1 amide bonds. The Morgan fingerprint density at radius 1 is 1.14 bits per heavy atom. The Labute approximate surface area is 177 Å². The minimum Gasteiger partial charge on any atom is -0.466 e. The molecule has 3 rings (SSSR count). The molecule has 152 valence electrons. The second-order valence-electron chi connectivity index (χ2n) is 6.15. The zero-order valence-corrected chi connectivity index (χ0v) is 17.0. The Kier molecular flexibility index (Phi) is 6.64. The Balaban J connectivity index is 1.76. The molecular formula is C20H18Cl2N2O5. The molecule has 7 nitrogen and oxygen atoms in total. The SMILES string of the molecule is COC(=O)C1=C(Nc2ccc(Oc3cc(Cl)cc(Cl)c3)cc2)C(=O)N(CCO)C1. The smallest absolute Gasteiger partial charge is 0.337 e. The maximum Gasteiger partial charge on any atom is 0.337 e. The van der Waals surface area contributed by atoms with Crippen LogP contribution in [0.1, 0.15) is 0 Å². The normalized spacial score (nSPS) is 13.7. The summed E-state index contributed by atoms with van der Waals surface area (Å²) in [6.07, 6.45) is 0. The molecule has 1 aliphatic rings. The second kappa shape index (κ2) is 9.17. The van der Waals surface area contributed by atoms with E-state index in [1.54, 1.807) is 42.5 Å². The minimum atomic E-state index is -0.598. The Bertz CT molecular complexity index is 940. The number of hydrogen-bond donors (Lipinski definition) is 2. The minimum absolute atomic E-state index is 0.0745. The highest BCUT2D eigenvalue weighted by Gasteiger charge is 2.34. The van der Waals surface area contributed by atoms with Gasteiger partial charge in [0.05, 0.1) is 25.8 Å². The molecule has 9 heteroatoms. The molecule has 0 atom stereocenters. The number of esters is 1. The fourth-order valence-corrected chi connectivity index (χ4v) is 3.33. The summed E-state index contributed by atoms with van der Waals surface area (Å²) in [6.45, 7) is -0.00235. The lowest BCUT2D eigenvalue weighted by Gasteiger charge is -2.15. The summed E-state index contributed by atoms with van der Waals surface area (Å²) in [7, 11) is 1.25. The molecule has 1 aliphatic heterocycles. The van der Waals surface area contributed by atoms with Crippen molar-refractivity contribution in [2.45, 2.75) is 0 Å². The van der Waals surface area contributed by atoms with E-state index in [0.717, 1.165) is 0 Å². The van der Waals surface area contributed by atoms with Gasteiger partial charge in [-0.25, -0.2) is 4.79 Å². The molecule has 0 aliphatic carbocycles. The Hall–Kier alpha value is -2.74. The van der Waals surface area contributed by atoms with Crippen molar-refractivity contribution in [3.05, 3.63) is 63.8 Å². The number of ether oxygens (including phenoxy) is 2. The molecule has 0 spiro atoms. The van der Waals surface area contributed by atoms with Crippen molar-refractivity contribution in [2.24, 2.45) is 0 Å². The molecule has 29 heavy (non-hydrogen) atoms. The number of rotatable bonds is 7. The number of anilines is 1. The third-order valence-corrected chi connectivity index (χ3v) is 4.59. The van der Waals surface area contributed by atoms with Gasteiger partial charge in [-0.2, -0.15) is 0 Å². The molecule has 0 radical (unpaired) electrons. The molecule has 0 fully saturated rings. The first-order chi connectivity index (χ1) is 13.9. The van der Waals surface area contributed by atoms with Gasteiger partial charge >= 0.3 is 5.97 Å². The summed E-state index contributed by atoms with van der Waals surface area (Å²) in [5, 5.41) is 13.0. The predicted molar refractivity (Wildman–Crippen MR) is 109 cm³/mol. The highest BCUT2D eigenvalue weighted by molar-refractivity contribution is 6.34. The number of carbonyl (C=O) groups excluding carboxylic acids is 2. The van der Waals surface area contributed by atoms with Gasteiger partial charge in [0.15, 0.2) is 0 Å². The molecule has 2 aromatic carbocycles. The molecular weight excluding hydrogens is 419 g/mol. The van der Waals surface area contributed by atoms with Gasteiger partial charge in [-0.1, -0.05) is 23.2 Å². The highest BCUT2D eigenvalue weighted by Crippen LogP contribution is 2.29. The summed E-state index contributed by atoms with van der Waals surface area (Å²) < 4.78 is 10.5. The van der Waals surface area contributed by atoms with E-state index in [9.17, 15) is 9.59 Å². The number of nitrogens with one attached hydrogen (secondary N) is 1. The lowest BCUT2D eigenvalue weighted by molar-refractivity contribution is -0.136. The topological polar surface area (TPSA) is 88.1 Å². The quantitative estimate of drug-likeness (QED) is 0.646. The van der Waals surface area contributed by atoms with E-state index in [2.05, 4.69) is 5.32 Å². The van der Waals surface area contributed by atoms with Crippen LogP contribution in [-0.4, -0.2) is 48.7 Å². The molecule has 2 N–H and O–H groups in total. The number of aliphatic hydroxyl groups is 1. The van der Waals surface area contributed by atoms with E-state index in [4.69, 9.17) is 37.8 Å². The van der Waals surface area contributed by atoms with E-state index < -0.39 is 5.97 Å². The predicted octanol–water partition coefficient (Wildman–Crippen LogP) is 3.46. The Morgan fingerprint density at radius 2 is 1.79 bits per heavy atom. The van der Waals surface area contributed by atoms with Crippen LogP contribution in [0.2, 0.25) is 10.0 Å². The zero-order chi connectivity index (χ0) is 21.0. The number of hydrogen-bond acceptors (Lipinski definition) is 6. The van der Waals surface area contributed by atoms with Gasteiger partial charge < -0.3 is 24.8 Å². The molecule has 0 saturated carbocycles. The van der Waals surface area contributed by atoms with Crippen LogP contribution in [0.5, 0.6) is 11.5 Å². The first-order valence-electron chi connectivity index (χ1n) is 8.64. The van der Waals surface area contributed by atoms with Crippen molar-refractivity contribution < 1.29 is 24.2 Å². The molecule has 1 heterocycles. The fraction of sp³-hybridized carbons (Fsp3) is 0.200. The van der Waals surface area contributed by atoms with Gasteiger partial charge in [-0.15, -0.1) is 0 Å². The maximum atomic E-state index is 12.5. The Morgan fingerprint density at radius 3 is 2.38 bits per heavy atom. The van der Waals surface area contributed by atoms with Gasteiger partial charge in [-0.3, -0.25) is 4.79 Å². The van der Waals surface area contributed by atoms with Crippen LogP contribution in [0.4, 0.5) is 5.69 Å². The summed E-state index contributed by atoms with van der Waals surface area (Å²) >= 11 is 11.9. The van der Waals surface area contributed by atoms with Gasteiger partial charge in [-0.05, 0) is 42.5 Å². The lowest BCUT2D eigenvalue weighted by Crippen LogP contribution is -2.31. The van der Waals surface area contributed by atoms with Crippen LogP contribution < -0.4 is 10.1 Å². The highest BCUT2D eigenvalue weighted by atomic mass is 35.5. The summed E-state index contributed by atoms with van der Waals surface area (Å²) in [5.41, 5.74) is 0.914. The van der Waals surface area contributed by atoms with Crippen molar-refractivity contribution in [1.29, 1.82) is 0 Å². The van der Waals surface area contributed by atoms with E-state index in [-0.39, 0.29) is 36.9 Å². The van der Waals surface area contributed by atoms with Crippen molar-refractivity contribution in [3.8, 4) is 11.5 Å². The van der Waals surface area contributed by atoms with Crippen LogP contribution in [0.3, 0.4) is 0 Å². The van der Waals surface area contributed by atoms with Gasteiger partial charge in [0.2, 0.25) is 0 Å². The fourth-order valence-electron chi connectivity index (χ4n) is 2.82. The number of methoxy groups -OCH3 is 1. The van der Waals surface area contributed by atoms with Crippen LogP contribution >= 0.6 is 23.2 Å². The van der Waals surface area contributed by atoms with Gasteiger partial charge in [0, 0.05) is 22.3 Å². The molecule has 2 aromatic rings. The van der Waals surface area contributed by atoms with Crippen molar-refractivity contribution in [1.82, 2.24) is 4.90 Å². The number of aliphatic hydroxyl groups excluding tert-OH is 1. The van der Waals surface area contributed by atoms with Gasteiger partial charge in [0.1, 0.15) is 17.2 Å². The van der Waals surface area contributed by atoms with Crippen molar-refractivity contribution in [3.63, 3.8) is 0 Å². The summed E-state index contributed by atoms with van der Waals surface area (Å²) in [5.74, 6) is 0.0487.